The molecule has 1 aliphatic heterocycles. The highest BCUT2D eigenvalue weighted by Crippen LogP contribution is 2.23. The number of carbonyl (C=O) groups excluding carboxylic acids is 2. The van der Waals surface area contributed by atoms with Crippen molar-refractivity contribution in [2.75, 3.05) is 13.1 Å². The number of primary amides is 1. The van der Waals surface area contributed by atoms with Crippen LogP contribution in [-0.4, -0.2) is 41.3 Å². The molecule has 4 rings (SSSR count). The van der Waals surface area contributed by atoms with Crippen molar-refractivity contribution >= 4 is 28.6 Å². The van der Waals surface area contributed by atoms with Gasteiger partial charge in [-0.15, -0.1) is 0 Å². The average molecular weight is 404 g/mol. The summed E-state index contributed by atoms with van der Waals surface area (Å²) in [6.45, 7) is 2.08. The molecule has 1 aromatic heterocycles. The Balaban J connectivity index is 1.74. The van der Waals surface area contributed by atoms with Crippen LogP contribution in [0, 0.1) is 5.41 Å². The summed E-state index contributed by atoms with van der Waals surface area (Å²) in [7, 11) is 0. The van der Waals surface area contributed by atoms with E-state index >= 15 is 0 Å². The smallest absolute Gasteiger partial charge is 0.268 e. The first-order valence-corrected chi connectivity index (χ1v) is 9.80. The second-order valence-electron chi connectivity index (χ2n) is 7.53. The number of hydrogen-bond donors (Lipinski definition) is 5. The topological polar surface area (TPSA) is 139 Å². The molecule has 0 aliphatic carbocycles. The minimum absolute atomic E-state index is 0.0292. The first-order valence-electron chi connectivity index (χ1n) is 9.80. The fraction of sp³-hybridized carbons (Fsp3) is 0.227. The van der Waals surface area contributed by atoms with E-state index in [-0.39, 0.29) is 17.8 Å². The van der Waals surface area contributed by atoms with E-state index < -0.39 is 5.91 Å². The number of nitrogens with zero attached hydrogens (tertiary/aromatic N) is 1. The fourth-order valence-electron chi connectivity index (χ4n) is 3.77. The van der Waals surface area contributed by atoms with Gasteiger partial charge >= 0.3 is 0 Å². The van der Waals surface area contributed by atoms with Crippen molar-refractivity contribution in [3.8, 4) is 0 Å². The van der Waals surface area contributed by atoms with Crippen molar-refractivity contribution < 1.29 is 9.59 Å². The van der Waals surface area contributed by atoms with Crippen molar-refractivity contribution in [2.45, 2.75) is 19.0 Å². The zero-order valence-corrected chi connectivity index (χ0v) is 16.4. The van der Waals surface area contributed by atoms with Gasteiger partial charge in [0, 0.05) is 41.2 Å². The third-order valence-electron chi connectivity index (χ3n) is 5.42. The van der Waals surface area contributed by atoms with Crippen molar-refractivity contribution in [1.82, 2.24) is 15.2 Å². The molecule has 2 heterocycles. The molecule has 8 nitrogen and oxygen atoms in total. The van der Waals surface area contributed by atoms with E-state index in [0.29, 0.717) is 23.4 Å². The van der Waals surface area contributed by atoms with Crippen LogP contribution in [0.1, 0.15) is 38.4 Å². The van der Waals surface area contributed by atoms with Crippen molar-refractivity contribution in [3.63, 3.8) is 0 Å². The van der Waals surface area contributed by atoms with Gasteiger partial charge in [-0.1, -0.05) is 24.3 Å². The highest BCUT2D eigenvalue weighted by atomic mass is 16.2. The Hall–Kier alpha value is -3.65. The molecule has 7 N–H and O–H groups in total. The van der Waals surface area contributed by atoms with Gasteiger partial charge in [-0.05, 0) is 42.8 Å². The van der Waals surface area contributed by atoms with Crippen LogP contribution < -0.4 is 22.1 Å². The number of nitrogens with one attached hydrogen (secondary N) is 3. The number of benzene rings is 2. The summed E-state index contributed by atoms with van der Waals surface area (Å²) in [4.78, 5) is 24.4. The van der Waals surface area contributed by atoms with Crippen LogP contribution in [0.5, 0.6) is 0 Å². The lowest BCUT2D eigenvalue weighted by Gasteiger charge is -2.15. The summed E-state index contributed by atoms with van der Waals surface area (Å²) in [5.41, 5.74) is 14.3. The average Bonchev–Trinajstić information content (AvgIpc) is 3.36. The number of amidine groups is 1. The SMILES string of the molecule is N=C(N)c1ccc2cc(C(=O)N[C@H]3CCNC3)n(Cc3ccc(C(N)=O)cc3)c2c1. The molecular formula is C22H24N6O2. The summed E-state index contributed by atoms with van der Waals surface area (Å²) in [6, 6.07) is 14.4. The number of aromatic nitrogens is 1. The lowest BCUT2D eigenvalue weighted by molar-refractivity contribution is 0.0930. The molecule has 2 amide bonds. The van der Waals surface area contributed by atoms with Crippen molar-refractivity contribution in [1.29, 1.82) is 5.41 Å². The van der Waals surface area contributed by atoms with Crippen LogP contribution in [0.2, 0.25) is 0 Å². The number of amides is 2. The number of rotatable bonds is 6. The molecule has 0 bridgehead atoms. The highest BCUT2D eigenvalue weighted by molar-refractivity contribution is 6.02. The number of nitrogens with two attached hydrogens (primary N) is 2. The van der Waals surface area contributed by atoms with E-state index in [0.717, 1.165) is 36.0 Å². The second kappa shape index (κ2) is 8.00. The molecule has 154 valence electrons. The van der Waals surface area contributed by atoms with Crippen molar-refractivity contribution in [2.24, 2.45) is 11.5 Å². The van der Waals surface area contributed by atoms with Crippen LogP contribution in [0.3, 0.4) is 0 Å². The molecule has 8 heteroatoms. The van der Waals surface area contributed by atoms with E-state index in [1.165, 1.54) is 0 Å². The van der Waals surface area contributed by atoms with Gasteiger partial charge < -0.3 is 26.7 Å². The maximum atomic E-state index is 13.1. The minimum atomic E-state index is -0.482. The molecule has 30 heavy (non-hydrogen) atoms. The predicted octanol–water partition coefficient (Wildman–Crippen LogP) is 1.16. The monoisotopic (exact) mass is 404 g/mol. The predicted molar refractivity (Wildman–Crippen MR) is 116 cm³/mol. The van der Waals surface area contributed by atoms with E-state index in [1.807, 2.05) is 34.9 Å². The summed E-state index contributed by atoms with van der Waals surface area (Å²) in [5, 5.41) is 15.0. The maximum Gasteiger partial charge on any atom is 0.268 e. The molecule has 0 saturated carbocycles. The summed E-state index contributed by atoms with van der Waals surface area (Å²) in [6.07, 6.45) is 0.898. The molecule has 1 fully saturated rings. The Morgan fingerprint density at radius 1 is 1.10 bits per heavy atom. The summed E-state index contributed by atoms with van der Waals surface area (Å²) >= 11 is 0. The highest BCUT2D eigenvalue weighted by Gasteiger charge is 2.21. The molecule has 1 saturated heterocycles. The molecule has 1 atom stereocenters. The quantitative estimate of drug-likeness (QED) is 0.311. The van der Waals surface area contributed by atoms with Crippen molar-refractivity contribution in [3.05, 3.63) is 70.9 Å². The normalized spacial score (nSPS) is 15.9. The van der Waals surface area contributed by atoms with Gasteiger partial charge in [-0.2, -0.15) is 0 Å². The van der Waals surface area contributed by atoms with Crippen LogP contribution in [0.4, 0.5) is 0 Å². The molecule has 0 unspecified atom stereocenters. The van der Waals surface area contributed by atoms with Gasteiger partial charge in [0.1, 0.15) is 11.5 Å². The Bertz CT molecular complexity index is 1130. The van der Waals surface area contributed by atoms with Gasteiger partial charge in [0.05, 0.1) is 0 Å². The first-order chi connectivity index (χ1) is 14.4. The zero-order valence-electron chi connectivity index (χ0n) is 16.4. The molecular weight excluding hydrogens is 380 g/mol. The van der Waals surface area contributed by atoms with Crippen LogP contribution in [0.25, 0.3) is 10.9 Å². The lowest BCUT2D eigenvalue weighted by Crippen LogP contribution is -2.37. The Morgan fingerprint density at radius 3 is 2.47 bits per heavy atom. The Morgan fingerprint density at radius 2 is 1.83 bits per heavy atom. The van der Waals surface area contributed by atoms with E-state index in [2.05, 4.69) is 10.6 Å². The summed E-state index contributed by atoms with van der Waals surface area (Å²) in [5.74, 6) is -0.652. The number of nitrogen functional groups attached to an aromatic ring is 1. The molecule has 1 aliphatic rings. The molecule has 0 radical (unpaired) electrons. The summed E-state index contributed by atoms with van der Waals surface area (Å²) < 4.78 is 1.92. The van der Waals surface area contributed by atoms with Gasteiger partial charge in [0.25, 0.3) is 5.91 Å². The third kappa shape index (κ3) is 3.90. The van der Waals surface area contributed by atoms with Crippen LogP contribution in [-0.2, 0) is 6.54 Å². The minimum Gasteiger partial charge on any atom is -0.384 e. The van der Waals surface area contributed by atoms with E-state index in [1.54, 1.807) is 18.2 Å². The second-order valence-corrected chi connectivity index (χ2v) is 7.53. The van der Waals surface area contributed by atoms with Gasteiger partial charge in [-0.25, -0.2) is 0 Å². The number of hydrogen-bond acceptors (Lipinski definition) is 4. The standard InChI is InChI=1S/C22H24N6O2/c23-20(24)16-6-5-15-9-19(22(30)27-17-7-8-26-11-17)28(18(15)10-16)12-13-1-3-14(4-2-13)21(25)29/h1-6,9-10,17,26H,7-8,11-12H2,(H3,23,24)(H2,25,29)(H,27,30)/t17-/m0/s1. The van der Waals surface area contributed by atoms with Gasteiger partial charge in [0.15, 0.2) is 0 Å². The Kier molecular flexibility index (Phi) is 5.24. The molecule has 3 aromatic rings. The third-order valence-corrected chi connectivity index (χ3v) is 5.42. The van der Waals surface area contributed by atoms with Crippen LogP contribution >= 0.6 is 0 Å². The van der Waals surface area contributed by atoms with E-state index in [9.17, 15) is 9.59 Å². The van der Waals surface area contributed by atoms with Gasteiger partial charge in [0.2, 0.25) is 5.91 Å². The molecule has 2 aromatic carbocycles. The Labute approximate surface area is 173 Å². The zero-order chi connectivity index (χ0) is 21.3. The lowest BCUT2D eigenvalue weighted by atomic mass is 10.1. The van der Waals surface area contributed by atoms with Crippen LogP contribution in [0.15, 0.2) is 48.5 Å². The fourth-order valence-corrected chi connectivity index (χ4v) is 3.77. The number of fused-ring (bicyclic) bond motifs is 1. The first kappa shape index (κ1) is 19.7. The molecule has 0 spiro atoms. The number of carbonyl (C=O) groups is 2. The van der Waals surface area contributed by atoms with Gasteiger partial charge in [-0.3, -0.25) is 15.0 Å². The van der Waals surface area contributed by atoms with E-state index in [4.69, 9.17) is 16.9 Å². The maximum absolute atomic E-state index is 13.1. The largest absolute Gasteiger partial charge is 0.384 e.